The summed E-state index contributed by atoms with van der Waals surface area (Å²) in [7, 11) is 1.61. The quantitative estimate of drug-likeness (QED) is 0.390. The van der Waals surface area contributed by atoms with Gasteiger partial charge in [-0.2, -0.15) is 0 Å². The monoisotopic (exact) mass is 497 g/mol. The van der Waals surface area contributed by atoms with E-state index in [4.69, 9.17) is 21.1 Å². The molecule has 0 aliphatic heterocycles. The third-order valence-corrected chi connectivity index (χ3v) is 4.92. The van der Waals surface area contributed by atoms with Gasteiger partial charge < -0.3 is 14.8 Å². The van der Waals surface area contributed by atoms with Crippen LogP contribution in [0.1, 0.15) is 11.1 Å². The highest BCUT2D eigenvalue weighted by atomic mass is 127. The molecule has 3 aromatic rings. The molecule has 6 heteroatoms. The molecule has 3 nitrogen and oxygen atoms in total. The van der Waals surface area contributed by atoms with Gasteiger partial charge >= 0.3 is 0 Å². The van der Waals surface area contributed by atoms with Crippen molar-refractivity contribution in [2.75, 3.05) is 12.4 Å². The molecule has 0 bridgehead atoms. The Kier molecular flexibility index (Phi) is 6.79. The third-order valence-electron chi connectivity index (χ3n) is 3.88. The molecule has 3 rings (SSSR count). The van der Waals surface area contributed by atoms with Crippen LogP contribution in [0.5, 0.6) is 11.5 Å². The molecule has 0 saturated heterocycles. The fraction of sp³-hybridized carbons (Fsp3) is 0.143. The van der Waals surface area contributed by atoms with Crippen LogP contribution in [-0.2, 0) is 13.2 Å². The summed E-state index contributed by atoms with van der Waals surface area (Å²) >= 11 is 8.23. The number of hydrogen-bond acceptors (Lipinski definition) is 3. The fourth-order valence-electron chi connectivity index (χ4n) is 2.60. The fourth-order valence-corrected chi connectivity index (χ4v) is 3.61. The van der Waals surface area contributed by atoms with Crippen molar-refractivity contribution in [3.8, 4) is 11.5 Å². The zero-order chi connectivity index (χ0) is 19.2. The smallest absolute Gasteiger partial charge is 0.174 e. The predicted molar refractivity (Wildman–Crippen MR) is 115 cm³/mol. The van der Waals surface area contributed by atoms with Gasteiger partial charge in [0.15, 0.2) is 11.5 Å². The molecule has 0 radical (unpaired) electrons. The van der Waals surface area contributed by atoms with E-state index in [1.807, 2.05) is 42.5 Å². The maximum Gasteiger partial charge on any atom is 0.174 e. The van der Waals surface area contributed by atoms with Gasteiger partial charge in [0.05, 0.1) is 10.7 Å². The van der Waals surface area contributed by atoms with Gasteiger partial charge in [-0.1, -0.05) is 29.8 Å². The lowest BCUT2D eigenvalue weighted by molar-refractivity contribution is 0.281. The summed E-state index contributed by atoms with van der Waals surface area (Å²) in [4.78, 5) is 0. The molecule has 140 valence electrons. The lowest BCUT2D eigenvalue weighted by Gasteiger charge is -2.15. The van der Waals surface area contributed by atoms with Crippen LogP contribution >= 0.6 is 34.2 Å². The first-order valence-electron chi connectivity index (χ1n) is 8.28. The Morgan fingerprint density at radius 1 is 1.04 bits per heavy atom. The van der Waals surface area contributed by atoms with Gasteiger partial charge in [0.2, 0.25) is 0 Å². The van der Waals surface area contributed by atoms with Crippen molar-refractivity contribution >= 4 is 39.9 Å². The lowest BCUT2D eigenvalue weighted by atomic mass is 10.2. The molecule has 0 aliphatic rings. The topological polar surface area (TPSA) is 30.5 Å². The maximum atomic E-state index is 13.3. The number of hydrogen-bond donors (Lipinski definition) is 1. The number of rotatable bonds is 7. The average Bonchev–Trinajstić information content (AvgIpc) is 2.65. The summed E-state index contributed by atoms with van der Waals surface area (Å²) in [6.45, 7) is 0.890. The van der Waals surface area contributed by atoms with Gasteiger partial charge in [-0.25, -0.2) is 4.39 Å². The first-order chi connectivity index (χ1) is 13.0. The van der Waals surface area contributed by atoms with Crippen LogP contribution in [-0.4, -0.2) is 7.11 Å². The Bertz CT molecular complexity index is 936. The summed E-state index contributed by atoms with van der Waals surface area (Å²) in [5.74, 6) is 1.01. The number of nitrogens with one attached hydrogen (secondary N) is 1. The summed E-state index contributed by atoms with van der Waals surface area (Å²) in [6, 6.07) is 17.9. The van der Waals surface area contributed by atoms with E-state index >= 15 is 0 Å². The van der Waals surface area contributed by atoms with Gasteiger partial charge in [-0.05, 0) is 76.2 Å². The highest BCUT2D eigenvalue weighted by Crippen LogP contribution is 2.35. The Balaban J connectivity index is 1.72. The van der Waals surface area contributed by atoms with Crippen molar-refractivity contribution < 1.29 is 13.9 Å². The minimum Gasteiger partial charge on any atom is -0.493 e. The minimum atomic E-state index is -0.278. The summed E-state index contributed by atoms with van der Waals surface area (Å²) in [5.41, 5.74) is 2.76. The van der Waals surface area contributed by atoms with E-state index in [-0.39, 0.29) is 12.4 Å². The number of ether oxygens (including phenoxy) is 2. The normalized spacial score (nSPS) is 10.5. The zero-order valence-electron chi connectivity index (χ0n) is 14.6. The number of halogens is 3. The van der Waals surface area contributed by atoms with Crippen LogP contribution < -0.4 is 14.8 Å². The first kappa shape index (κ1) is 19.8. The summed E-state index contributed by atoms with van der Waals surface area (Å²) < 4.78 is 25.6. The standard InChI is InChI=1S/C21H18ClFINO2/c1-26-20-10-15(12-25-18-7-3-5-16(22)11-18)9-19(24)21(20)27-13-14-4-2-6-17(23)8-14/h2-11,25H,12-13H2,1H3. The molecule has 0 amide bonds. The van der Waals surface area contributed by atoms with Crippen molar-refractivity contribution in [3.05, 3.63) is 86.2 Å². The van der Waals surface area contributed by atoms with Gasteiger partial charge in [0.1, 0.15) is 12.4 Å². The van der Waals surface area contributed by atoms with Crippen molar-refractivity contribution in [1.82, 2.24) is 0 Å². The van der Waals surface area contributed by atoms with E-state index in [9.17, 15) is 4.39 Å². The van der Waals surface area contributed by atoms with E-state index in [1.54, 1.807) is 13.2 Å². The van der Waals surface area contributed by atoms with Crippen LogP contribution in [0.25, 0.3) is 0 Å². The summed E-state index contributed by atoms with van der Waals surface area (Å²) in [6.07, 6.45) is 0. The molecular weight excluding hydrogens is 480 g/mol. The van der Waals surface area contributed by atoms with E-state index in [0.29, 0.717) is 23.1 Å². The van der Waals surface area contributed by atoms with Crippen molar-refractivity contribution in [2.45, 2.75) is 13.2 Å². The molecule has 0 saturated carbocycles. The van der Waals surface area contributed by atoms with Gasteiger partial charge in [0.25, 0.3) is 0 Å². The highest BCUT2D eigenvalue weighted by Gasteiger charge is 2.12. The molecule has 0 aliphatic carbocycles. The van der Waals surface area contributed by atoms with Gasteiger partial charge in [-0.3, -0.25) is 0 Å². The second kappa shape index (κ2) is 9.28. The Labute approximate surface area is 176 Å². The number of benzene rings is 3. The third kappa shape index (κ3) is 5.49. The molecule has 27 heavy (non-hydrogen) atoms. The molecule has 3 aromatic carbocycles. The lowest BCUT2D eigenvalue weighted by Crippen LogP contribution is -2.04. The number of methoxy groups -OCH3 is 1. The molecule has 0 spiro atoms. The van der Waals surface area contributed by atoms with Gasteiger partial charge in [0, 0.05) is 17.3 Å². The van der Waals surface area contributed by atoms with Crippen LogP contribution in [0, 0.1) is 9.39 Å². The summed E-state index contributed by atoms with van der Waals surface area (Å²) in [5, 5.41) is 4.03. The molecular formula is C21H18ClFINO2. The Morgan fingerprint density at radius 3 is 2.59 bits per heavy atom. The van der Waals surface area contributed by atoms with Crippen LogP contribution in [0.4, 0.5) is 10.1 Å². The van der Waals surface area contributed by atoms with Crippen molar-refractivity contribution in [1.29, 1.82) is 0 Å². The molecule has 1 N–H and O–H groups in total. The van der Waals surface area contributed by atoms with Crippen LogP contribution in [0.2, 0.25) is 5.02 Å². The Hall–Kier alpha value is -1.99. The minimum absolute atomic E-state index is 0.268. The SMILES string of the molecule is COc1cc(CNc2cccc(Cl)c2)cc(I)c1OCc1cccc(F)c1. The van der Waals surface area contributed by atoms with Crippen molar-refractivity contribution in [2.24, 2.45) is 0 Å². The van der Waals surface area contributed by atoms with E-state index in [2.05, 4.69) is 27.9 Å². The van der Waals surface area contributed by atoms with Gasteiger partial charge in [-0.15, -0.1) is 0 Å². The molecule has 0 aromatic heterocycles. The second-order valence-corrected chi connectivity index (χ2v) is 7.49. The average molecular weight is 498 g/mol. The molecule has 0 heterocycles. The number of anilines is 1. The molecule has 0 atom stereocenters. The van der Waals surface area contributed by atoms with E-state index in [1.165, 1.54) is 12.1 Å². The van der Waals surface area contributed by atoms with E-state index in [0.717, 1.165) is 20.4 Å². The maximum absolute atomic E-state index is 13.3. The second-order valence-electron chi connectivity index (χ2n) is 5.89. The predicted octanol–water partition coefficient (Wildman–Crippen LogP) is 6.28. The largest absolute Gasteiger partial charge is 0.493 e. The highest BCUT2D eigenvalue weighted by molar-refractivity contribution is 14.1. The van der Waals surface area contributed by atoms with E-state index < -0.39 is 0 Å². The molecule has 0 unspecified atom stereocenters. The van der Waals surface area contributed by atoms with Crippen molar-refractivity contribution in [3.63, 3.8) is 0 Å². The van der Waals surface area contributed by atoms with Crippen LogP contribution in [0.15, 0.2) is 60.7 Å². The van der Waals surface area contributed by atoms with Crippen LogP contribution in [0.3, 0.4) is 0 Å². The first-order valence-corrected chi connectivity index (χ1v) is 9.74. The molecule has 0 fully saturated rings. The zero-order valence-corrected chi connectivity index (χ0v) is 17.6. The Morgan fingerprint density at radius 2 is 1.85 bits per heavy atom.